The molecule has 0 radical (unpaired) electrons. The Bertz CT molecular complexity index is 919. The molecule has 2 aromatic rings. The normalized spacial score (nSPS) is 13.0. The highest BCUT2D eigenvalue weighted by molar-refractivity contribution is 9.11. The van der Waals surface area contributed by atoms with E-state index in [9.17, 15) is 14.7 Å². The smallest absolute Gasteiger partial charge is 0.412 e. The van der Waals surface area contributed by atoms with Crippen molar-refractivity contribution in [3.05, 3.63) is 67.5 Å². The van der Waals surface area contributed by atoms with Gasteiger partial charge in [-0.05, 0) is 52.3 Å². The maximum absolute atomic E-state index is 12.5. The summed E-state index contributed by atoms with van der Waals surface area (Å²) in [5.41, 5.74) is 2.35. The topological polar surface area (TPSA) is 108 Å². The van der Waals surface area contributed by atoms with Crippen LogP contribution in [0.3, 0.4) is 0 Å². The molecule has 0 heterocycles. The second-order valence-corrected chi connectivity index (χ2v) is 8.66. The van der Waals surface area contributed by atoms with Gasteiger partial charge in [-0.25, -0.2) is 10.3 Å². The van der Waals surface area contributed by atoms with Crippen molar-refractivity contribution in [2.45, 2.75) is 13.0 Å². The second kappa shape index (κ2) is 10.8. The highest BCUT2D eigenvalue weighted by Crippen LogP contribution is 2.40. The van der Waals surface area contributed by atoms with Gasteiger partial charge in [-0.15, -0.1) is 0 Å². The third-order valence-electron chi connectivity index (χ3n) is 3.83. The van der Waals surface area contributed by atoms with Gasteiger partial charge in [0.15, 0.2) is 0 Å². The summed E-state index contributed by atoms with van der Waals surface area (Å²) in [5, 5.41) is 21.7. The summed E-state index contributed by atoms with van der Waals surface area (Å²) >= 11 is 9.93. The number of hydroxylamine groups is 1. The minimum absolute atomic E-state index is 0.0958. The van der Waals surface area contributed by atoms with E-state index in [0.29, 0.717) is 20.2 Å². The first-order chi connectivity index (χ1) is 13.7. The molecule has 0 aromatic heterocycles. The van der Waals surface area contributed by atoms with E-state index in [1.54, 1.807) is 43.3 Å². The van der Waals surface area contributed by atoms with Gasteiger partial charge in [0.2, 0.25) is 0 Å². The number of nitrogens with one attached hydrogen (secondary N) is 2. The minimum atomic E-state index is -0.929. The summed E-state index contributed by atoms with van der Waals surface area (Å²) in [5.74, 6) is -1.34. The Morgan fingerprint density at radius 1 is 1.10 bits per heavy atom. The van der Waals surface area contributed by atoms with Crippen molar-refractivity contribution in [2.24, 2.45) is 5.92 Å². The maximum Gasteiger partial charge on any atom is 0.412 e. The summed E-state index contributed by atoms with van der Waals surface area (Å²) in [6.45, 7) is 1.70. The summed E-state index contributed by atoms with van der Waals surface area (Å²) in [4.78, 5) is 23.8. The Morgan fingerprint density at radius 2 is 1.76 bits per heavy atom. The molecule has 0 saturated carbocycles. The molecule has 154 valence electrons. The number of phenols is 1. The largest absolute Gasteiger partial charge is 0.506 e. The molecule has 7 nitrogen and oxygen atoms in total. The maximum atomic E-state index is 12.5. The monoisotopic (exact) mass is 590 g/mol. The average Bonchev–Trinajstić information content (AvgIpc) is 2.68. The fraction of sp³-hybridized carbons (Fsp3) is 0.158. The molecular formula is C19H17Br3N2O5. The number of aromatic hydroxyl groups is 1. The van der Waals surface area contributed by atoms with E-state index in [0.717, 1.165) is 10.5 Å². The van der Waals surface area contributed by atoms with Crippen molar-refractivity contribution in [2.75, 3.05) is 5.32 Å². The minimum Gasteiger partial charge on any atom is -0.506 e. The first-order valence-electron chi connectivity index (χ1n) is 8.24. The summed E-state index contributed by atoms with van der Waals surface area (Å²) < 4.78 is 7.51. The quantitative estimate of drug-likeness (QED) is 0.196. The van der Waals surface area contributed by atoms with Crippen molar-refractivity contribution in [1.82, 2.24) is 5.48 Å². The number of halogens is 3. The highest BCUT2D eigenvalue weighted by Gasteiger charge is 2.26. The number of ether oxygens (including phenoxy) is 1. The van der Waals surface area contributed by atoms with Crippen LogP contribution in [-0.4, -0.2) is 22.3 Å². The predicted molar refractivity (Wildman–Crippen MR) is 119 cm³/mol. The van der Waals surface area contributed by atoms with E-state index in [2.05, 4.69) is 53.1 Å². The van der Waals surface area contributed by atoms with Crippen molar-refractivity contribution in [3.63, 3.8) is 0 Å². The molecule has 0 aliphatic heterocycles. The number of amides is 2. The molecule has 0 bridgehead atoms. The zero-order chi connectivity index (χ0) is 21.6. The van der Waals surface area contributed by atoms with Crippen molar-refractivity contribution in [3.8, 4) is 5.75 Å². The molecule has 2 rings (SSSR count). The molecule has 2 atom stereocenters. The highest BCUT2D eigenvalue weighted by atomic mass is 79.9. The molecule has 0 fully saturated rings. The van der Waals surface area contributed by atoms with E-state index < -0.39 is 24.0 Å². The molecule has 0 spiro atoms. The van der Waals surface area contributed by atoms with Crippen molar-refractivity contribution < 1.29 is 24.6 Å². The van der Waals surface area contributed by atoms with E-state index in [-0.39, 0.29) is 5.75 Å². The van der Waals surface area contributed by atoms with Crippen molar-refractivity contribution in [1.29, 1.82) is 0 Å². The van der Waals surface area contributed by atoms with Crippen LogP contribution in [0.25, 0.3) is 0 Å². The van der Waals surface area contributed by atoms with Crippen molar-refractivity contribution >= 4 is 65.5 Å². The van der Waals surface area contributed by atoms with Crippen LogP contribution in [0, 0.1) is 5.92 Å². The molecule has 0 unspecified atom stereocenters. The third-order valence-corrected chi connectivity index (χ3v) is 5.42. The second-order valence-electron chi connectivity index (χ2n) is 5.98. The summed E-state index contributed by atoms with van der Waals surface area (Å²) in [7, 11) is 0. The lowest BCUT2D eigenvalue weighted by atomic mass is 9.96. The molecule has 0 saturated heterocycles. The molecular weight excluding hydrogens is 576 g/mol. The number of carbonyl (C=O) groups excluding carboxylic acids is 2. The van der Waals surface area contributed by atoms with Gasteiger partial charge in [-0.1, -0.05) is 44.9 Å². The fourth-order valence-corrected chi connectivity index (χ4v) is 3.95. The molecule has 10 heteroatoms. The summed E-state index contributed by atoms with van der Waals surface area (Å²) in [6.07, 6.45) is 0.899. The van der Waals surface area contributed by atoms with Crippen LogP contribution in [0.5, 0.6) is 5.75 Å². The lowest BCUT2D eigenvalue weighted by molar-refractivity contribution is -0.124. The Morgan fingerprint density at radius 3 is 2.38 bits per heavy atom. The predicted octanol–water partition coefficient (Wildman–Crippen LogP) is 5.67. The molecule has 0 aliphatic carbocycles. The van der Waals surface area contributed by atoms with Gasteiger partial charge in [0.25, 0.3) is 5.91 Å². The van der Waals surface area contributed by atoms with Crippen LogP contribution in [0.15, 0.2) is 62.0 Å². The van der Waals surface area contributed by atoms with Gasteiger partial charge in [-0.2, -0.15) is 0 Å². The number of anilines is 1. The lowest BCUT2D eigenvalue weighted by Gasteiger charge is -2.24. The zero-order valence-electron chi connectivity index (χ0n) is 15.0. The number of rotatable bonds is 6. The van der Waals surface area contributed by atoms with Crippen LogP contribution in [0.2, 0.25) is 0 Å². The van der Waals surface area contributed by atoms with Gasteiger partial charge >= 0.3 is 6.09 Å². The SMILES string of the molecule is C[C@H](/C=C/C(=O)NO)[C@H](OC(=O)Nc1ccc(Br)cc1)c1cc(Br)cc(Br)c1O. The first kappa shape index (κ1) is 23.4. The van der Waals surface area contributed by atoms with Crippen LogP contribution < -0.4 is 10.8 Å². The lowest BCUT2D eigenvalue weighted by Crippen LogP contribution is -2.22. The fourth-order valence-electron chi connectivity index (χ4n) is 2.43. The zero-order valence-corrected chi connectivity index (χ0v) is 19.8. The Hall–Kier alpha value is -1.88. The number of carbonyl (C=O) groups is 2. The summed E-state index contributed by atoms with van der Waals surface area (Å²) in [6, 6.07) is 10.2. The molecule has 2 amide bonds. The number of phenolic OH excluding ortho intramolecular Hbond substituents is 1. The third kappa shape index (κ3) is 6.84. The van der Waals surface area contributed by atoms with Gasteiger partial charge in [0, 0.05) is 32.2 Å². The van der Waals surface area contributed by atoms with Gasteiger partial charge in [0.1, 0.15) is 11.9 Å². The van der Waals surface area contributed by atoms with Crippen LogP contribution in [0.4, 0.5) is 10.5 Å². The van der Waals surface area contributed by atoms with Gasteiger partial charge in [-0.3, -0.25) is 15.3 Å². The Balaban J connectivity index is 2.31. The number of hydrogen-bond donors (Lipinski definition) is 4. The van der Waals surface area contributed by atoms with Gasteiger partial charge < -0.3 is 9.84 Å². The van der Waals surface area contributed by atoms with E-state index in [4.69, 9.17) is 9.94 Å². The van der Waals surface area contributed by atoms with Crippen LogP contribution >= 0.6 is 47.8 Å². The Labute approximate surface area is 192 Å². The average molecular weight is 593 g/mol. The molecule has 0 aliphatic rings. The number of benzene rings is 2. The van der Waals surface area contributed by atoms with Crippen LogP contribution in [0.1, 0.15) is 18.6 Å². The van der Waals surface area contributed by atoms with Crippen LogP contribution in [-0.2, 0) is 9.53 Å². The molecule has 2 aromatic carbocycles. The Kier molecular flexibility index (Phi) is 8.69. The number of hydrogen-bond acceptors (Lipinski definition) is 5. The molecule has 29 heavy (non-hydrogen) atoms. The van der Waals surface area contributed by atoms with Gasteiger partial charge in [0.05, 0.1) is 4.47 Å². The van der Waals surface area contributed by atoms with E-state index in [1.165, 1.54) is 11.6 Å². The standard InChI is InChI=1S/C19H17Br3N2O5/c1-10(2-7-16(25)24-28)18(14-8-12(21)9-15(22)17(14)26)29-19(27)23-13-5-3-11(20)4-6-13/h2-10,18,26,28H,1H3,(H,23,27)(H,24,25)/b7-2+/t10-,18+/m1/s1. The van der Waals surface area contributed by atoms with E-state index in [1.807, 2.05) is 0 Å². The molecule has 4 N–H and O–H groups in total. The van der Waals surface area contributed by atoms with E-state index >= 15 is 0 Å². The first-order valence-corrected chi connectivity index (χ1v) is 10.6.